The zero-order valence-electron chi connectivity index (χ0n) is 28.7. The molecule has 0 aliphatic carbocycles. The number of anilines is 2. The summed E-state index contributed by atoms with van der Waals surface area (Å²) in [6.07, 6.45) is -5.23. The van der Waals surface area contributed by atoms with E-state index in [9.17, 15) is 43.5 Å². The average molecular weight is 708 g/mol. The summed E-state index contributed by atoms with van der Waals surface area (Å²) in [7, 11) is -0.00900. The molecule has 7 atom stereocenters. The summed E-state index contributed by atoms with van der Waals surface area (Å²) in [5.41, 5.74) is 1.60. The first kappa shape index (κ1) is 40.3. The highest BCUT2D eigenvalue weighted by Gasteiger charge is 2.49. The van der Waals surface area contributed by atoms with Crippen molar-refractivity contribution in [1.29, 1.82) is 0 Å². The molecule has 2 aromatic carbocycles. The maximum absolute atomic E-state index is 13.9. The fraction of sp³-hybridized carbons (Fsp3) is 0.600. The van der Waals surface area contributed by atoms with Gasteiger partial charge in [0, 0.05) is 49.8 Å². The van der Waals surface area contributed by atoms with Gasteiger partial charge in [-0.3, -0.25) is 9.59 Å². The normalized spacial score (nSPS) is 22.6. The molecule has 0 unspecified atom stereocenters. The summed E-state index contributed by atoms with van der Waals surface area (Å²) in [5.74, 6) is -2.11. The maximum Gasteiger partial charge on any atom is 0.251 e. The number of aliphatic hydroxyl groups excluding tert-OH is 6. The number of hydrogen-bond acceptors (Lipinski definition) is 11. The highest BCUT2D eigenvalue weighted by atomic mass is 32.2. The Kier molecular flexibility index (Phi) is 14.6. The molecule has 1 aliphatic heterocycles. The molecule has 0 aromatic heterocycles. The first-order valence-corrected chi connectivity index (χ1v) is 18.5. The number of nitrogens with zero attached hydrogens (tertiary/aromatic N) is 1. The highest BCUT2D eigenvalue weighted by molar-refractivity contribution is 7.91. The molecular formula is C35H53N3O10S. The Morgan fingerprint density at radius 1 is 1.00 bits per heavy atom. The van der Waals surface area contributed by atoms with Crippen LogP contribution in [0, 0.1) is 5.41 Å². The van der Waals surface area contributed by atoms with Gasteiger partial charge < -0.3 is 46.2 Å². The highest BCUT2D eigenvalue weighted by Crippen LogP contribution is 2.49. The zero-order chi connectivity index (χ0) is 36.5. The van der Waals surface area contributed by atoms with Gasteiger partial charge in [0.1, 0.15) is 18.3 Å². The van der Waals surface area contributed by atoms with Crippen molar-refractivity contribution >= 4 is 33.0 Å². The van der Waals surface area contributed by atoms with E-state index in [4.69, 9.17) is 5.11 Å². The van der Waals surface area contributed by atoms with Gasteiger partial charge in [-0.25, -0.2) is 8.42 Å². The molecule has 0 saturated heterocycles. The van der Waals surface area contributed by atoms with E-state index in [0.717, 1.165) is 18.5 Å². The number of sulfone groups is 1. The van der Waals surface area contributed by atoms with Crippen molar-refractivity contribution < 1.29 is 48.6 Å². The quantitative estimate of drug-likeness (QED) is 0.110. The van der Waals surface area contributed by atoms with E-state index in [1.165, 1.54) is 0 Å². The lowest BCUT2D eigenvalue weighted by Crippen LogP contribution is -2.51. The van der Waals surface area contributed by atoms with Crippen LogP contribution in [0.15, 0.2) is 47.4 Å². The lowest BCUT2D eigenvalue weighted by atomic mass is 9.69. The summed E-state index contributed by atoms with van der Waals surface area (Å²) < 4.78 is 27.8. The molecule has 14 heteroatoms. The minimum Gasteiger partial charge on any atom is -0.394 e. The summed E-state index contributed by atoms with van der Waals surface area (Å²) in [4.78, 5) is 27.1. The summed E-state index contributed by atoms with van der Waals surface area (Å²) in [5, 5.41) is 65.2. The molecular weight excluding hydrogens is 654 g/mol. The average Bonchev–Trinajstić information content (AvgIpc) is 3.15. The van der Waals surface area contributed by atoms with Crippen LogP contribution in [0.5, 0.6) is 0 Å². The fourth-order valence-corrected chi connectivity index (χ4v) is 8.69. The number of fused-ring (bicyclic) bond motifs is 1. The molecule has 2 aromatic rings. The Morgan fingerprint density at radius 3 is 2.35 bits per heavy atom. The van der Waals surface area contributed by atoms with E-state index in [1.54, 1.807) is 30.3 Å². The van der Waals surface area contributed by atoms with Crippen molar-refractivity contribution in [2.75, 3.05) is 43.2 Å². The molecule has 274 valence electrons. The van der Waals surface area contributed by atoms with Crippen molar-refractivity contribution in [2.24, 2.45) is 5.41 Å². The number of rotatable bonds is 17. The van der Waals surface area contributed by atoms with Crippen LogP contribution in [0.25, 0.3) is 0 Å². The van der Waals surface area contributed by atoms with Gasteiger partial charge in [0.15, 0.2) is 15.9 Å². The van der Waals surface area contributed by atoms with Gasteiger partial charge in [0.05, 0.1) is 23.4 Å². The second kappa shape index (κ2) is 17.7. The van der Waals surface area contributed by atoms with Crippen LogP contribution in [0.1, 0.15) is 75.8 Å². The standard InChI is InChI=1S/C35H53N3O10S/c1-5-7-16-35(6-2)21-49(47,48)27-15-14-24(38(3)4)19-25(27)29(33(35)45)22-11-10-12-23(18-22)37-28(41)13-8-9-17-36-34(46)32(44)31(43)30(42)26(40)20-39/h10-12,14-15,18-19,26,29-33,39-40,42-45H,5-9,13,16-17,20-21H2,1-4H3,(H,36,46)(H,37,41)/t26-,29-,30-,31+,32-,33-,35-/m1/s1. The monoisotopic (exact) mass is 707 g/mol. The van der Waals surface area contributed by atoms with E-state index < -0.39 is 64.2 Å². The van der Waals surface area contributed by atoms with Crippen LogP contribution in [0.2, 0.25) is 0 Å². The predicted octanol–water partition coefficient (Wildman–Crippen LogP) is 1.28. The molecule has 0 bridgehead atoms. The molecule has 13 nitrogen and oxygen atoms in total. The number of amides is 2. The van der Waals surface area contributed by atoms with Crippen LogP contribution >= 0.6 is 0 Å². The lowest BCUT2D eigenvalue weighted by molar-refractivity contribution is -0.148. The maximum atomic E-state index is 13.9. The SMILES string of the molecule is CCCC[C@]1(CC)CS(=O)(=O)c2ccc(N(C)C)cc2[C@@H](c2cccc(NC(=O)CCCCNC(=O)[C@H](O)[C@@H](O)[C@H](O)[C@H](O)CO)c2)[C@H]1O. The van der Waals surface area contributed by atoms with Gasteiger partial charge in [-0.2, -0.15) is 0 Å². The molecule has 0 saturated carbocycles. The minimum absolute atomic E-state index is 0.0675. The topological polar surface area (TPSA) is 217 Å². The summed E-state index contributed by atoms with van der Waals surface area (Å²) in [6.45, 7) is 3.17. The summed E-state index contributed by atoms with van der Waals surface area (Å²) in [6, 6.07) is 12.3. The Balaban J connectivity index is 1.76. The van der Waals surface area contributed by atoms with E-state index in [-0.39, 0.29) is 29.5 Å². The molecule has 1 aliphatic rings. The van der Waals surface area contributed by atoms with Gasteiger partial charge in [-0.15, -0.1) is 0 Å². The van der Waals surface area contributed by atoms with E-state index in [1.807, 2.05) is 45.0 Å². The number of hydrogen-bond donors (Lipinski definition) is 8. The smallest absolute Gasteiger partial charge is 0.251 e. The fourth-order valence-electron chi connectivity index (χ4n) is 6.44. The first-order chi connectivity index (χ1) is 23.1. The minimum atomic E-state index is -3.74. The third kappa shape index (κ3) is 9.78. The van der Waals surface area contributed by atoms with Gasteiger partial charge in [0.25, 0.3) is 5.91 Å². The molecule has 0 radical (unpaired) electrons. The second-order valence-electron chi connectivity index (χ2n) is 13.2. The number of nitrogens with one attached hydrogen (secondary N) is 2. The van der Waals surface area contributed by atoms with Crippen molar-refractivity contribution in [2.45, 2.75) is 100 Å². The van der Waals surface area contributed by atoms with Crippen molar-refractivity contribution in [3.63, 3.8) is 0 Å². The van der Waals surface area contributed by atoms with Crippen LogP contribution in [0.4, 0.5) is 11.4 Å². The van der Waals surface area contributed by atoms with Crippen molar-refractivity contribution in [3.05, 3.63) is 53.6 Å². The number of benzene rings is 2. The Bertz CT molecular complexity index is 1520. The molecule has 3 rings (SSSR count). The van der Waals surface area contributed by atoms with Crippen LogP contribution < -0.4 is 15.5 Å². The third-order valence-corrected chi connectivity index (χ3v) is 11.5. The van der Waals surface area contributed by atoms with Crippen LogP contribution in [-0.2, 0) is 19.4 Å². The Morgan fingerprint density at radius 2 is 1.71 bits per heavy atom. The number of aliphatic hydroxyl groups is 6. The van der Waals surface area contributed by atoms with Gasteiger partial charge >= 0.3 is 0 Å². The van der Waals surface area contributed by atoms with Gasteiger partial charge in [-0.1, -0.05) is 38.8 Å². The second-order valence-corrected chi connectivity index (χ2v) is 15.2. The van der Waals surface area contributed by atoms with Gasteiger partial charge in [-0.05, 0) is 67.1 Å². The molecule has 1 heterocycles. The molecule has 49 heavy (non-hydrogen) atoms. The Hall–Kier alpha value is -3.11. The molecule has 0 fully saturated rings. The molecule has 2 amide bonds. The Labute approximate surface area is 288 Å². The van der Waals surface area contributed by atoms with E-state index in [2.05, 4.69) is 10.6 Å². The van der Waals surface area contributed by atoms with Crippen molar-refractivity contribution in [3.8, 4) is 0 Å². The van der Waals surface area contributed by atoms with E-state index >= 15 is 0 Å². The largest absolute Gasteiger partial charge is 0.394 e. The van der Waals surface area contributed by atoms with Crippen molar-refractivity contribution in [1.82, 2.24) is 5.32 Å². The lowest BCUT2D eigenvalue weighted by Gasteiger charge is -2.39. The molecule has 0 spiro atoms. The summed E-state index contributed by atoms with van der Waals surface area (Å²) >= 11 is 0. The molecule has 8 N–H and O–H groups in total. The zero-order valence-corrected chi connectivity index (χ0v) is 29.6. The van der Waals surface area contributed by atoms with Crippen LogP contribution in [-0.4, -0.2) is 114 Å². The van der Waals surface area contributed by atoms with E-state index in [0.29, 0.717) is 42.5 Å². The first-order valence-electron chi connectivity index (χ1n) is 16.8. The number of carbonyl (C=O) groups is 2. The third-order valence-electron chi connectivity index (χ3n) is 9.52. The number of unbranched alkanes of at least 4 members (excludes halogenated alkanes) is 2. The predicted molar refractivity (Wildman–Crippen MR) is 186 cm³/mol. The van der Waals surface area contributed by atoms with Gasteiger partial charge in [0.2, 0.25) is 5.91 Å². The number of carbonyl (C=O) groups excluding carboxylic acids is 2. The van der Waals surface area contributed by atoms with Crippen LogP contribution in [0.3, 0.4) is 0 Å².